The van der Waals surface area contributed by atoms with Gasteiger partial charge in [0.1, 0.15) is 12.2 Å². The summed E-state index contributed by atoms with van der Waals surface area (Å²) in [5.41, 5.74) is 4.05. The number of nitrogens with one attached hydrogen (secondary N) is 1. The number of morpholine rings is 1. The minimum Gasteiger partial charge on any atom is -0.381 e. The van der Waals surface area contributed by atoms with E-state index >= 15 is 0 Å². The number of carbonyl (C=O) groups excluding carboxylic acids is 2. The van der Waals surface area contributed by atoms with Gasteiger partial charge in [0.15, 0.2) is 0 Å². The van der Waals surface area contributed by atoms with Gasteiger partial charge in [0.25, 0.3) is 11.8 Å². The maximum Gasteiger partial charge on any atom is 0.254 e. The molecule has 1 aromatic heterocycles. The quantitative estimate of drug-likeness (QED) is 0.634. The molecule has 2 fully saturated rings. The van der Waals surface area contributed by atoms with Gasteiger partial charge in [-0.15, -0.1) is 0 Å². The van der Waals surface area contributed by atoms with Crippen LogP contribution in [0, 0.1) is 6.92 Å². The van der Waals surface area contributed by atoms with Crippen LogP contribution in [0.4, 0.5) is 11.4 Å². The fourth-order valence-corrected chi connectivity index (χ4v) is 4.65. The number of carbonyl (C=O) groups is 2. The van der Waals surface area contributed by atoms with Crippen LogP contribution < -0.4 is 10.2 Å². The molecular formula is C27H28N4O3. The Balaban J connectivity index is 1.28. The van der Waals surface area contributed by atoms with E-state index in [0.29, 0.717) is 38.2 Å². The van der Waals surface area contributed by atoms with Gasteiger partial charge in [0.2, 0.25) is 0 Å². The number of anilines is 2. The monoisotopic (exact) mass is 456 g/mol. The molecule has 3 heterocycles. The van der Waals surface area contributed by atoms with Crippen LogP contribution in [0.25, 0.3) is 0 Å². The molecule has 7 heteroatoms. The Bertz CT molecular complexity index is 1180. The zero-order chi connectivity index (χ0) is 23.5. The summed E-state index contributed by atoms with van der Waals surface area (Å²) in [6.45, 7) is 4.21. The number of para-hydroxylation sites is 1. The molecule has 2 aliphatic rings. The highest BCUT2D eigenvalue weighted by Crippen LogP contribution is 2.33. The van der Waals surface area contributed by atoms with E-state index in [1.165, 1.54) is 0 Å². The van der Waals surface area contributed by atoms with E-state index in [9.17, 15) is 9.59 Å². The van der Waals surface area contributed by atoms with E-state index in [4.69, 9.17) is 4.74 Å². The first-order valence-corrected chi connectivity index (χ1v) is 11.6. The standard InChI is InChI=1S/C27H28N4O3/c1-20-9-10-22(14-24(20)29-16-21-6-5-12-28-15-21)26(33)30-13-11-27(18-30)19-31(25(32)17-34-27)23-7-3-2-4-8-23/h2-10,12,14-15,29H,11,13,16-19H2,1H3. The van der Waals surface area contributed by atoms with Crippen LogP contribution >= 0.6 is 0 Å². The third-order valence-corrected chi connectivity index (χ3v) is 6.61. The summed E-state index contributed by atoms with van der Waals surface area (Å²) < 4.78 is 6.03. The molecule has 2 amide bonds. The van der Waals surface area contributed by atoms with E-state index < -0.39 is 5.60 Å². The van der Waals surface area contributed by atoms with Gasteiger partial charge >= 0.3 is 0 Å². The van der Waals surface area contributed by atoms with Crippen LogP contribution in [-0.2, 0) is 16.1 Å². The van der Waals surface area contributed by atoms with E-state index in [-0.39, 0.29) is 18.4 Å². The molecule has 1 atom stereocenters. The maximum absolute atomic E-state index is 13.4. The molecule has 7 nitrogen and oxygen atoms in total. The number of pyridine rings is 1. The second kappa shape index (κ2) is 9.27. The van der Waals surface area contributed by atoms with E-state index in [1.54, 1.807) is 11.1 Å². The van der Waals surface area contributed by atoms with Gasteiger partial charge in [-0.2, -0.15) is 0 Å². The predicted molar refractivity (Wildman–Crippen MR) is 131 cm³/mol. The van der Waals surface area contributed by atoms with Crippen LogP contribution in [0.1, 0.15) is 27.9 Å². The highest BCUT2D eigenvalue weighted by Gasteiger charge is 2.46. The Kier molecular flexibility index (Phi) is 6.02. The largest absolute Gasteiger partial charge is 0.381 e. The van der Waals surface area contributed by atoms with Gasteiger partial charge in [-0.3, -0.25) is 14.6 Å². The normalized spacial score (nSPS) is 20.1. The molecule has 0 saturated carbocycles. The smallest absolute Gasteiger partial charge is 0.254 e. The Labute approximate surface area is 199 Å². The van der Waals surface area contributed by atoms with Crippen LogP contribution in [0.2, 0.25) is 0 Å². The van der Waals surface area contributed by atoms with Crippen molar-refractivity contribution in [2.75, 3.05) is 36.5 Å². The molecule has 34 heavy (non-hydrogen) atoms. The zero-order valence-electron chi connectivity index (χ0n) is 19.2. The van der Waals surface area contributed by atoms with Gasteiger partial charge in [-0.25, -0.2) is 0 Å². The van der Waals surface area contributed by atoms with Gasteiger partial charge in [0, 0.05) is 42.4 Å². The average Bonchev–Trinajstić information content (AvgIpc) is 3.29. The number of amides is 2. The first-order valence-electron chi connectivity index (χ1n) is 11.6. The number of likely N-dealkylation sites (tertiary alicyclic amines) is 1. The lowest BCUT2D eigenvalue weighted by atomic mass is 10.00. The fraction of sp³-hybridized carbons (Fsp3) is 0.296. The zero-order valence-corrected chi connectivity index (χ0v) is 19.2. The van der Waals surface area contributed by atoms with E-state index in [0.717, 1.165) is 22.5 Å². The minimum absolute atomic E-state index is 0.0203. The number of rotatable bonds is 5. The molecule has 1 N–H and O–H groups in total. The number of ether oxygens (including phenoxy) is 1. The number of nitrogens with zero attached hydrogens (tertiary/aromatic N) is 3. The molecule has 5 rings (SSSR count). The SMILES string of the molecule is Cc1ccc(C(=O)N2CCC3(C2)CN(c2ccccc2)C(=O)CO3)cc1NCc1cccnc1. The van der Waals surface area contributed by atoms with Crippen LogP contribution in [0.5, 0.6) is 0 Å². The van der Waals surface area contributed by atoms with Crippen LogP contribution in [0.3, 0.4) is 0 Å². The van der Waals surface area contributed by atoms with Crippen molar-refractivity contribution in [3.05, 3.63) is 89.7 Å². The van der Waals surface area contributed by atoms with Crippen LogP contribution in [0.15, 0.2) is 73.1 Å². The average molecular weight is 457 g/mol. The van der Waals surface area contributed by atoms with E-state index in [2.05, 4.69) is 10.3 Å². The lowest BCUT2D eigenvalue weighted by Gasteiger charge is -2.40. The van der Waals surface area contributed by atoms with Gasteiger partial charge < -0.3 is 19.9 Å². The lowest BCUT2D eigenvalue weighted by Crippen LogP contribution is -2.56. The Morgan fingerprint density at radius 1 is 1.12 bits per heavy atom. The molecule has 174 valence electrons. The fourth-order valence-electron chi connectivity index (χ4n) is 4.65. The number of benzene rings is 2. The van der Waals surface area contributed by atoms with Crippen molar-refractivity contribution >= 4 is 23.2 Å². The maximum atomic E-state index is 13.4. The van der Waals surface area contributed by atoms with Crippen molar-refractivity contribution in [3.63, 3.8) is 0 Å². The summed E-state index contributed by atoms with van der Waals surface area (Å²) in [4.78, 5) is 33.7. The number of aromatic nitrogens is 1. The first kappa shape index (κ1) is 22.1. The first-order chi connectivity index (χ1) is 16.5. The Hall–Kier alpha value is -3.71. The number of hydrogen-bond acceptors (Lipinski definition) is 5. The molecular weight excluding hydrogens is 428 g/mol. The lowest BCUT2D eigenvalue weighted by molar-refractivity contribution is -0.137. The van der Waals surface area contributed by atoms with Crippen molar-refractivity contribution in [3.8, 4) is 0 Å². The molecule has 2 saturated heterocycles. The van der Waals surface area contributed by atoms with Crippen LogP contribution in [-0.4, -0.2) is 53.5 Å². The highest BCUT2D eigenvalue weighted by atomic mass is 16.5. The molecule has 0 aliphatic carbocycles. The second-order valence-corrected chi connectivity index (χ2v) is 9.01. The predicted octanol–water partition coefficient (Wildman–Crippen LogP) is 3.65. The third-order valence-electron chi connectivity index (χ3n) is 6.61. The summed E-state index contributed by atoms with van der Waals surface area (Å²) in [6, 6.07) is 19.3. The van der Waals surface area contributed by atoms with Gasteiger partial charge in [-0.05, 0) is 54.8 Å². The highest BCUT2D eigenvalue weighted by molar-refractivity contribution is 5.96. The molecule has 0 bridgehead atoms. The molecule has 1 unspecified atom stereocenters. The van der Waals surface area contributed by atoms with Crippen molar-refractivity contribution < 1.29 is 14.3 Å². The topological polar surface area (TPSA) is 74.8 Å². The molecule has 3 aromatic rings. The summed E-state index contributed by atoms with van der Waals surface area (Å²) >= 11 is 0. The molecule has 0 radical (unpaired) electrons. The minimum atomic E-state index is -0.536. The van der Waals surface area contributed by atoms with E-state index in [1.807, 2.05) is 78.7 Å². The number of hydrogen-bond donors (Lipinski definition) is 1. The third kappa shape index (κ3) is 4.52. The Morgan fingerprint density at radius 2 is 1.97 bits per heavy atom. The molecule has 1 spiro atoms. The molecule has 2 aliphatic heterocycles. The summed E-state index contributed by atoms with van der Waals surface area (Å²) in [5, 5.41) is 3.42. The summed E-state index contributed by atoms with van der Waals surface area (Å²) in [7, 11) is 0. The van der Waals surface area contributed by atoms with Crippen molar-refractivity contribution in [1.29, 1.82) is 0 Å². The molecule has 2 aromatic carbocycles. The Morgan fingerprint density at radius 3 is 2.76 bits per heavy atom. The van der Waals surface area contributed by atoms with Gasteiger partial charge in [-0.1, -0.05) is 30.3 Å². The second-order valence-electron chi connectivity index (χ2n) is 9.01. The van der Waals surface area contributed by atoms with Crippen molar-refractivity contribution in [2.45, 2.75) is 25.5 Å². The number of aryl methyl sites for hydroxylation is 1. The summed E-state index contributed by atoms with van der Waals surface area (Å²) in [5.74, 6) is -0.0717. The summed E-state index contributed by atoms with van der Waals surface area (Å²) in [6.07, 6.45) is 4.28. The van der Waals surface area contributed by atoms with Gasteiger partial charge in [0.05, 0.1) is 13.1 Å². The van der Waals surface area contributed by atoms with Crippen molar-refractivity contribution in [1.82, 2.24) is 9.88 Å². The van der Waals surface area contributed by atoms with Crippen molar-refractivity contribution in [2.24, 2.45) is 0 Å².